The largest absolute Gasteiger partial charge is 0.492 e. The number of carbonyl (C=O) groups is 2. The van der Waals surface area contributed by atoms with Crippen molar-refractivity contribution in [1.82, 2.24) is 5.32 Å². The van der Waals surface area contributed by atoms with Gasteiger partial charge in [-0.1, -0.05) is 0 Å². The first kappa shape index (κ1) is 16.8. The van der Waals surface area contributed by atoms with Crippen LogP contribution in [0, 0.1) is 5.82 Å². The zero-order valence-electron chi connectivity index (χ0n) is 13.7. The number of hydrogen-bond donors (Lipinski definition) is 2. The van der Waals surface area contributed by atoms with E-state index in [9.17, 15) is 14.0 Å². The van der Waals surface area contributed by atoms with Gasteiger partial charge in [0.1, 0.15) is 11.6 Å². The van der Waals surface area contributed by atoms with Gasteiger partial charge in [0.25, 0.3) is 5.91 Å². The molecule has 2 aromatic rings. The molecule has 0 aromatic heterocycles. The molecule has 0 atom stereocenters. The molecule has 1 aliphatic heterocycles. The monoisotopic (exact) mass is 343 g/mol. The Labute approximate surface area is 144 Å². The van der Waals surface area contributed by atoms with Gasteiger partial charge in [0, 0.05) is 30.4 Å². The molecule has 1 aliphatic rings. The second-order valence-electron chi connectivity index (χ2n) is 5.46. The molecule has 0 saturated carbocycles. The van der Waals surface area contributed by atoms with Gasteiger partial charge in [-0.25, -0.2) is 9.18 Å². The molecule has 0 unspecified atom stereocenters. The van der Waals surface area contributed by atoms with Crippen LogP contribution in [0.15, 0.2) is 42.5 Å². The standard InChI is InChI=1S/C18H18FN3O3/c1-2-25-16-11-13(19)5-8-15(16)21-17(23)12-3-6-14(7-4-12)22-10-9-20-18(22)24/h3-8,11H,2,9-10H2,1H3,(H,20,24)(H,21,23). The van der Waals surface area contributed by atoms with Crippen LogP contribution in [0.3, 0.4) is 0 Å². The van der Waals surface area contributed by atoms with Gasteiger partial charge in [-0.15, -0.1) is 0 Å². The average molecular weight is 343 g/mol. The van der Waals surface area contributed by atoms with Crippen LogP contribution in [0.2, 0.25) is 0 Å². The molecule has 2 aromatic carbocycles. The SMILES string of the molecule is CCOc1cc(F)ccc1NC(=O)c1ccc(N2CCNC2=O)cc1. The van der Waals surface area contributed by atoms with Crippen molar-refractivity contribution in [1.29, 1.82) is 0 Å². The first-order valence-corrected chi connectivity index (χ1v) is 7.97. The quantitative estimate of drug-likeness (QED) is 0.877. The van der Waals surface area contributed by atoms with E-state index < -0.39 is 5.82 Å². The molecular weight excluding hydrogens is 325 g/mol. The number of nitrogens with zero attached hydrogens (tertiary/aromatic N) is 1. The lowest BCUT2D eigenvalue weighted by Gasteiger charge is -2.15. The number of halogens is 1. The van der Waals surface area contributed by atoms with Gasteiger partial charge in [-0.05, 0) is 43.3 Å². The first-order valence-electron chi connectivity index (χ1n) is 7.97. The summed E-state index contributed by atoms with van der Waals surface area (Å²) in [6.45, 7) is 3.34. The van der Waals surface area contributed by atoms with Gasteiger partial charge in [-0.3, -0.25) is 9.69 Å². The third-order valence-corrected chi connectivity index (χ3v) is 3.79. The maximum Gasteiger partial charge on any atom is 0.321 e. The summed E-state index contributed by atoms with van der Waals surface area (Å²) in [5.41, 5.74) is 1.55. The van der Waals surface area contributed by atoms with E-state index >= 15 is 0 Å². The predicted octanol–water partition coefficient (Wildman–Crippen LogP) is 3.01. The van der Waals surface area contributed by atoms with Crippen molar-refractivity contribution in [2.45, 2.75) is 6.92 Å². The zero-order valence-corrected chi connectivity index (χ0v) is 13.7. The molecule has 6 nitrogen and oxygen atoms in total. The van der Waals surface area contributed by atoms with E-state index in [-0.39, 0.29) is 17.7 Å². The molecule has 1 saturated heterocycles. The van der Waals surface area contributed by atoms with Crippen LogP contribution in [0.4, 0.5) is 20.6 Å². The summed E-state index contributed by atoms with van der Waals surface area (Å²) >= 11 is 0. The first-order chi connectivity index (χ1) is 12.1. The fourth-order valence-electron chi connectivity index (χ4n) is 2.58. The summed E-state index contributed by atoms with van der Waals surface area (Å²) in [6.07, 6.45) is 0. The Hall–Kier alpha value is -3.09. The summed E-state index contributed by atoms with van der Waals surface area (Å²) in [5, 5.41) is 5.44. The number of carbonyl (C=O) groups excluding carboxylic acids is 2. The number of rotatable bonds is 5. The molecule has 3 rings (SSSR count). The third-order valence-electron chi connectivity index (χ3n) is 3.79. The molecule has 0 radical (unpaired) electrons. The van der Waals surface area contributed by atoms with Gasteiger partial charge in [-0.2, -0.15) is 0 Å². The summed E-state index contributed by atoms with van der Waals surface area (Å²) < 4.78 is 18.7. The summed E-state index contributed by atoms with van der Waals surface area (Å²) in [4.78, 5) is 25.7. The van der Waals surface area contributed by atoms with Crippen LogP contribution in [0.5, 0.6) is 5.75 Å². The fourth-order valence-corrected chi connectivity index (χ4v) is 2.58. The van der Waals surface area contributed by atoms with Crippen molar-refractivity contribution in [2.24, 2.45) is 0 Å². The second kappa shape index (κ2) is 7.21. The van der Waals surface area contributed by atoms with Crippen molar-refractivity contribution in [3.8, 4) is 5.75 Å². The molecule has 0 spiro atoms. The van der Waals surface area contributed by atoms with Crippen LogP contribution in [-0.2, 0) is 0 Å². The summed E-state index contributed by atoms with van der Waals surface area (Å²) in [6, 6.07) is 10.5. The minimum Gasteiger partial charge on any atom is -0.492 e. The number of urea groups is 1. The predicted molar refractivity (Wildman–Crippen MR) is 92.7 cm³/mol. The average Bonchev–Trinajstić information content (AvgIpc) is 3.03. The van der Waals surface area contributed by atoms with Crippen molar-refractivity contribution in [2.75, 3.05) is 29.9 Å². The van der Waals surface area contributed by atoms with E-state index in [2.05, 4.69) is 10.6 Å². The van der Waals surface area contributed by atoms with E-state index in [0.717, 1.165) is 5.69 Å². The Morgan fingerprint density at radius 2 is 2.04 bits per heavy atom. The van der Waals surface area contributed by atoms with Gasteiger partial charge in [0.15, 0.2) is 0 Å². The van der Waals surface area contributed by atoms with Crippen LogP contribution in [0.1, 0.15) is 17.3 Å². The molecule has 0 bridgehead atoms. The zero-order chi connectivity index (χ0) is 17.8. The molecule has 7 heteroatoms. The van der Waals surface area contributed by atoms with E-state index in [4.69, 9.17) is 4.74 Å². The van der Waals surface area contributed by atoms with Crippen molar-refractivity contribution >= 4 is 23.3 Å². The number of anilines is 2. The number of amides is 3. The maximum atomic E-state index is 13.3. The maximum absolute atomic E-state index is 13.3. The summed E-state index contributed by atoms with van der Waals surface area (Å²) in [5.74, 6) is -0.499. The molecule has 1 fully saturated rings. The number of ether oxygens (including phenoxy) is 1. The Morgan fingerprint density at radius 1 is 1.28 bits per heavy atom. The molecule has 3 amide bonds. The Morgan fingerprint density at radius 3 is 2.68 bits per heavy atom. The van der Waals surface area contributed by atoms with Gasteiger partial charge >= 0.3 is 6.03 Å². The Balaban J connectivity index is 1.74. The molecular formula is C18H18FN3O3. The van der Waals surface area contributed by atoms with Crippen molar-refractivity contribution in [3.63, 3.8) is 0 Å². The van der Waals surface area contributed by atoms with Crippen LogP contribution in [0.25, 0.3) is 0 Å². The van der Waals surface area contributed by atoms with Gasteiger partial charge < -0.3 is 15.4 Å². The molecule has 1 heterocycles. The third kappa shape index (κ3) is 3.71. The molecule has 130 valence electrons. The van der Waals surface area contributed by atoms with Crippen LogP contribution in [-0.4, -0.2) is 31.6 Å². The molecule has 25 heavy (non-hydrogen) atoms. The Kier molecular flexibility index (Phi) is 4.83. The molecule has 0 aliphatic carbocycles. The van der Waals surface area contributed by atoms with E-state index in [1.807, 2.05) is 0 Å². The lowest BCUT2D eigenvalue weighted by Crippen LogP contribution is -2.27. The number of benzene rings is 2. The van der Waals surface area contributed by atoms with Crippen LogP contribution < -0.4 is 20.3 Å². The lowest BCUT2D eigenvalue weighted by molar-refractivity contribution is 0.102. The fraction of sp³-hybridized carbons (Fsp3) is 0.222. The number of hydrogen-bond acceptors (Lipinski definition) is 3. The van der Waals surface area contributed by atoms with E-state index in [1.54, 1.807) is 36.1 Å². The minimum absolute atomic E-state index is 0.148. The molecule has 2 N–H and O–H groups in total. The smallest absolute Gasteiger partial charge is 0.321 e. The van der Waals surface area contributed by atoms with Crippen LogP contribution >= 0.6 is 0 Å². The van der Waals surface area contributed by atoms with E-state index in [1.165, 1.54) is 18.2 Å². The number of nitrogens with one attached hydrogen (secondary N) is 2. The van der Waals surface area contributed by atoms with Gasteiger partial charge in [0.05, 0.1) is 12.3 Å². The topological polar surface area (TPSA) is 70.7 Å². The van der Waals surface area contributed by atoms with Gasteiger partial charge in [0.2, 0.25) is 0 Å². The minimum atomic E-state index is -0.435. The second-order valence-corrected chi connectivity index (χ2v) is 5.46. The van der Waals surface area contributed by atoms with Crippen molar-refractivity contribution in [3.05, 3.63) is 53.8 Å². The highest BCUT2D eigenvalue weighted by molar-refractivity contribution is 6.05. The van der Waals surface area contributed by atoms with E-state index in [0.29, 0.717) is 30.9 Å². The normalized spacial score (nSPS) is 13.5. The van der Waals surface area contributed by atoms with Crippen molar-refractivity contribution < 1.29 is 18.7 Å². The highest BCUT2D eigenvalue weighted by Crippen LogP contribution is 2.26. The summed E-state index contributed by atoms with van der Waals surface area (Å²) in [7, 11) is 0. The lowest BCUT2D eigenvalue weighted by atomic mass is 10.1. The highest BCUT2D eigenvalue weighted by Gasteiger charge is 2.21. The Bertz CT molecular complexity index is 793. The highest BCUT2D eigenvalue weighted by atomic mass is 19.1.